The highest BCUT2D eigenvalue weighted by Gasteiger charge is 2.13. The molecule has 0 radical (unpaired) electrons. The quantitative estimate of drug-likeness (QED) is 0.210. The van der Waals surface area contributed by atoms with Crippen LogP contribution in [0.25, 0.3) is 77.3 Å². The van der Waals surface area contributed by atoms with Gasteiger partial charge in [-0.25, -0.2) is 9.97 Å². The molecule has 2 nitrogen and oxygen atoms in total. The van der Waals surface area contributed by atoms with Crippen LogP contribution in [0.1, 0.15) is 0 Å². The molecule has 0 fully saturated rings. The van der Waals surface area contributed by atoms with Gasteiger partial charge in [0, 0.05) is 16.7 Å². The maximum Gasteiger partial charge on any atom is 0.160 e. The largest absolute Gasteiger partial charge is 0.228 e. The Hall–Kier alpha value is -5.60. The topological polar surface area (TPSA) is 25.8 Å². The van der Waals surface area contributed by atoms with Crippen LogP contribution in [0.5, 0.6) is 0 Å². The summed E-state index contributed by atoms with van der Waals surface area (Å²) in [5.74, 6) is 0.724. The summed E-state index contributed by atoms with van der Waals surface area (Å²) in [4.78, 5) is 10.0. The van der Waals surface area contributed by atoms with Gasteiger partial charge in [-0.15, -0.1) is 0 Å². The molecule has 7 aromatic carbocycles. The molecule has 42 heavy (non-hydrogen) atoms. The van der Waals surface area contributed by atoms with Crippen molar-refractivity contribution in [1.29, 1.82) is 0 Å². The van der Waals surface area contributed by atoms with Crippen LogP contribution >= 0.6 is 0 Å². The molecule has 1 heterocycles. The van der Waals surface area contributed by atoms with E-state index in [2.05, 4.69) is 121 Å². The van der Waals surface area contributed by atoms with Crippen molar-refractivity contribution in [2.45, 2.75) is 0 Å². The van der Waals surface area contributed by atoms with Crippen LogP contribution in [0.3, 0.4) is 0 Å². The summed E-state index contributed by atoms with van der Waals surface area (Å²) < 4.78 is 0. The lowest BCUT2D eigenvalue weighted by atomic mass is 9.91. The number of rotatable bonds is 4. The molecule has 0 saturated heterocycles. The van der Waals surface area contributed by atoms with Crippen LogP contribution in [0.4, 0.5) is 0 Å². The summed E-state index contributed by atoms with van der Waals surface area (Å²) in [5, 5.41) is 7.69. The minimum Gasteiger partial charge on any atom is -0.228 e. The van der Waals surface area contributed by atoms with Gasteiger partial charge in [0.2, 0.25) is 0 Å². The Morgan fingerprint density at radius 2 is 0.714 bits per heavy atom. The maximum atomic E-state index is 5.05. The summed E-state index contributed by atoms with van der Waals surface area (Å²) in [6.07, 6.45) is 0. The van der Waals surface area contributed by atoms with E-state index in [-0.39, 0.29) is 0 Å². The molecule has 1 aromatic heterocycles. The first-order chi connectivity index (χ1) is 20.8. The summed E-state index contributed by atoms with van der Waals surface area (Å²) in [7, 11) is 0. The second-order valence-electron chi connectivity index (χ2n) is 10.6. The Kier molecular flexibility index (Phi) is 5.82. The molecule has 0 atom stereocenters. The SMILES string of the molecule is c1ccc(-c2cc(-c3cccc(-c4ccc5c6ccccc6c6ccccc6c5c4)c3)nc(-c3ccccc3)n2)cc1. The Balaban J connectivity index is 1.29. The van der Waals surface area contributed by atoms with Gasteiger partial charge in [0.25, 0.3) is 0 Å². The minimum atomic E-state index is 0.724. The molecule has 0 saturated carbocycles. The van der Waals surface area contributed by atoms with Crippen molar-refractivity contribution in [2.24, 2.45) is 0 Å². The second kappa shape index (κ2) is 10.1. The van der Waals surface area contributed by atoms with Crippen LogP contribution < -0.4 is 0 Å². The third kappa shape index (κ3) is 4.22. The fourth-order valence-corrected chi connectivity index (χ4v) is 6.01. The third-order valence-corrected chi connectivity index (χ3v) is 8.06. The van der Waals surface area contributed by atoms with Crippen molar-refractivity contribution in [2.75, 3.05) is 0 Å². The van der Waals surface area contributed by atoms with E-state index in [1.54, 1.807) is 0 Å². The van der Waals surface area contributed by atoms with Gasteiger partial charge >= 0.3 is 0 Å². The number of benzene rings is 7. The molecule has 0 unspecified atom stereocenters. The molecule has 0 aliphatic rings. The van der Waals surface area contributed by atoms with Gasteiger partial charge < -0.3 is 0 Å². The van der Waals surface area contributed by atoms with Crippen LogP contribution in [0.2, 0.25) is 0 Å². The zero-order valence-electron chi connectivity index (χ0n) is 22.9. The Morgan fingerprint density at radius 3 is 1.36 bits per heavy atom. The predicted molar refractivity (Wildman–Crippen MR) is 176 cm³/mol. The third-order valence-electron chi connectivity index (χ3n) is 8.06. The number of fused-ring (bicyclic) bond motifs is 6. The summed E-state index contributed by atoms with van der Waals surface area (Å²) in [6.45, 7) is 0. The fourth-order valence-electron chi connectivity index (χ4n) is 6.01. The maximum absolute atomic E-state index is 5.05. The molecule has 0 N–H and O–H groups in total. The average molecular weight is 535 g/mol. The fraction of sp³-hybridized carbons (Fsp3) is 0. The van der Waals surface area contributed by atoms with Gasteiger partial charge in [-0.1, -0.05) is 140 Å². The van der Waals surface area contributed by atoms with E-state index in [1.807, 2.05) is 36.4 Å². The smallest absolute Gasteiger partial charge is 0.160 e. The lowest BCUT2D eigenvalue weighted by Gasteiger charge is -2.13. The summed E-state index contributed by atoms with van der Waals surface area (Å²) in [6, 6.07) is 55.6. The molecule has 196 valence electrons. The molecular weight excluding hydrogens is 508 g/mol. The zero-order valence-corrected chi connectivity index (χ0v) is 22.9. The van der Waals surface area contributed by atoms with E-state index in [9.17, 15) is 0 Å². The average Bonchev–Trinajstić information content (AvgIpc) is 3.09. The molecule has 2 heteroatoms. The summed E-state index contributed by atoms with van der Waals surface area (Å²) in [5.41, 5.74) is 7.30. The Bertz CT molecular complexity index is 2140. The van der Waals surface area contributed by atoms with Crippen LogP contribution in [0, 0.1) is 0 Å². The lowest BCUT2D eigenvalue weighted by molar-refractivity contribution is 1.18. The number of aromatic nitrogens is 2. The molecule has 0 aliphatic carbocycles. The van der Waals surface area contributed by atoms with E-state index in [0.29, 0.717) is 0 Å². The van der Waals surface area contributed by atoms with E-state index < -0.39 is 0 Å². The minimum absolute atomic E-state index is 0.724. The van der Waals surface area contributed by atoms with Crippen molar-refractivity contribution in [3.05, 3.63) is 158 Å². The monoisotopic (exact) mass is 534 g/mol. The van der Waals surface area contributed by atoms with Gasteiger partial charge in [-0.2, -0.15) is 0 Å². The standard InChI is InChI=1S/C40H26N2/c1-3-12-27(13-4-1)38-26-39(42-40(41-38)28-14-5-2-6-15-28)31-17-11-16-29(24-31)30-22-23-36-34-20-8-7-18-32(34)33-19-9-10-21-35(33)37(36)25-30/h1-26H. The molecular formula is C40H26N2. The molecule has 0 aliphatic heterocycles. The van der Waals surface area contributed by atoms with Crippen molar-refractivity contribution in [3.8, 4) is 45.0 Å². The van der Waals surface area contributed by atoms with Crippen molar-refractivity contribution in [1.82, 2.24) is 9.97 Å². The molecule has 8 aromatic rings. The zero-order chi connectivity index (χ0) is 27.9. The first kappa shape index (κ1) is 24.2. The molecule has 8 rings (SSSR count). The normalized spacial score (nSPS) is 11.3. The van der Waals surface area contributed by atoms with Crippen molar-refractivity contribution >= 4 is 32.3 Å². The van der Waals surface area contributed by atoms with E-state index in [0.717, 1.165) is 39.5 Å². The van der Waals surface area contributed by atoms with Crippen molar-refractivity contribution < 1.29 is 0 Å². The predicted octanol–water partition coefficient (Wildman–Crippen LogP) is 10.6. The van der Waals surface area contributed by atoms with E-state index in [4.69, 9.17) is 9.97 Å². The summed E-state index contributed by atoms with van der Waals surface area (Å²) >= 11 is 0. The Labute approximate surface area is 244 Å². The molecule has 0 bridgehead atoms. The molecule has 0 amide bonds. The second-order valence-corrected chi connectivity index (χ2v) is 10.6. The highest BCUT2D eigenvalue weighted by molar-refractivity contribution is 6.25. The number of hydrogen-bond acceptors (Lipinski definition) is 2. The number of nitrogens with zero attached hydrogens (tertiary/aromatic N) is 2. The molecule has 0 spiro atoms. The Morgan fingerprint density at radius 1 is 0.262 bits per heavy atom. The first-order valence-electron chi connectivity index (χ1n) is 14.3. The van der Waals surface area contributed by atoms with Gasteiger partial charge in [0.15, 0.2) is 5.82 Å². The van der Waals surface area contributed by atoms with Gasteiger partial charge in [-0.05, 0) is 61.6 Å². The van der Waals surface area contributed by atoms with Gasteiger partial charge in [0.05, 0.1) is 11.4 Å². The van der Waals surface area contributed by atoms with E-state index in [1.165, 1.54) is 37.9 Å². The van der Waals surface area contributed by atoms with Crippen LogP contribution in [-0.2, 0) is 0 Å². The highest BCUT2D eigenvalue weighted by atomic mass is 14.9. The number of hydrogen-bond donors (Lipinski definition) is 0. The van der Waals surface area contributed by atoms with E-state index >= 15 is 0 Å². The van der Waals surface area contributed by atoms with Crippen LogP contribution in [-0.4, -0.2) is 9.97 Å². The lowest BCUT2D eigenvalue weighted by Crippen LogP contribution is -1.96. The van der Waals surface area contributed by atoms with Gasteiger partial charge in [-0.3, -0.25) is 0 Å². The van der Waals surface area contributed by atoms with Crippen molar-refractivity contribution in [3.63, 3.8) is 0 Å². The van der Waals surface area contributed by atoms with Crippen LogP contribution in [0.15, 0.2) is 158 Å². The first-order valence-corrected chi connectivity index (χ1v) is 14.3. The van der Waals surface area contributed by atoms with Gasteiger partial charge in [0.1, 0.15) is 0 Å². The highest BCUT2D eigenvalue weighted by Crippen LogP contribution is 2.38.